The van der Waals surface area contributed by atoms with Crippen molar-refractivity contribution in [2.45, 2.75) is 20.8 Å². The molecule has 0 aliphatic heterocycles. The van der Waals surface area contributed by atoms with Gasteiger partial charge in [0.25, 0.3) is 5.91 Å². The summed E-state index contributed by atoms with van der Waals surface area (Å²) in [5, 5.41) is 12.7. The van der Waals surface area contributed by atoms with Crippen LogP contribution in [0.1, 0.15) is 32.6 Å². The highest BCUT2D eigenvalue weighted by molar-refractivity contribution is 5.98. The maximum atomic E-state index is 12.5. The van der Waals surface area contributed by atoms with Crippen molar-refractivity contribution >= 4 is 5.91 Å². The minimum atomic E-state index is -0.213. The Balaban J connectivity index is 2.39. The lowest BCUT2D eigenvalue weighted by Gasteiger charge is -2.09. The Hall–Kier alpha value is -2.38. The largest absolute Gasteiger partial charge is 0.384 e. The Labute approximate surface area is 118 Å². The minimum Gasteiger partial charge on any atom is -0.384 e. The smallest absolute Gasteiger partial charge is 0.278 e. The summed E-state index contributed by atoms with van der Waals surface area (Å²) >= 11 is 0. The molecule has 0 atom stereocenters. The third kappa shape index (κ3) is 2.79. The van der Waals surface area contributed by atoms with E-state index in [9.17, 15) is 4.79 Å². The van der Waals surface area contributed by atoms with Crippen molar-refractivity contribution in [1.29, 1.82) is 0 Å². The zero-order chi connectivity index (χ0) is 14.7. The number of hydrogen-bond donors (Lipinski definition) is 1. The molecule has 0 fully saturated rings. The molecule has 0 bridgehead atoms. The van der Waals surface area contributed by atoms with Gasteiger partial charge in [0.1, 0.15) is 6.61 Å². The number of carbonyl (C=O) groups is 1. The Kier molecular flexibility index (Phi) is 4.02. The Morgan fingerprint density at radius 2 is 1.95 bits per heavy atom. The van der Waals surface area contributed by atoms with Crippen molar-refractivity contribution in [3.05, 3.63) is 52.3 Å². The maximum absolute atomic E-state index is 12.5. The molecule has 0 spiro atoms. The van der Waals surface area contributed by atoms with E-state index in [0.29, 0.717) is 11.1 Å². The number of rotatable bonds is 1. The van der Waals surface area contributed by atoms with Gasteiger partial charge >= 0.3 is 0 Å². The highest BCUT2D eigenvalue weighted by Crippen LogP contribution is 2.17. The summed E-state index contributed by atoms with van der Waals surface area (Å²) < 4.78 is 1.28. The number of aromatic nitrogens is 2. The van der Waals surface area contributed by atoms with Crippen molar-refractivity contribution in [3.8, 4) is 11.8 Å². The summed E-state index contributed by atoms with van der Waals surface area (Å²) in [4.78, 5) is 12.5. The molecule has 1 N–H and O–H groups in total. The number of aliphatic hydroxyl groups is 1. The van der Waals surface area contributed by atoms with E-state index in [4.69, 9.17) is 5.11 Å². The molecular weight excluding hydrogens is 252 g/mol. The van der Waals surface area contributed by atoms with Crippen LogP contribution in [0.4, 0.5) is 0 Å². The molecule has 0 saturated carbocycles. The van der Waals surface area contributed by atoms with Gasteiger partial charge in [0, 0.05) is 11.8 Å². The van der Waals surface area contributed by atoms with Gasteiger partial charge < -0.3 is 5.11 Å². The molecule has 0 amide bonds. The van der Waals surface area contributed by atoms with E-state index in [1.807, 2.05) is 32.9 Å². The maximum Gasteiger partial charge on any atom is 0.278 e. The topological polar surface area (TPSA) is 55.1 Å². The summed E-state index contributed by atoms with van der Waals surface area (Å²) in [5.74, 6) is 5.08. The summed E-state index contributed by atoms with van der Waals surface area (Å²) in [5.41, 5.74) is 4.28. The quantitative estimate of drug-likeness (QED) is 0.803. The van der Waals surface area contributed by atoms with E-state index in [1.54, 1.807) is 6.20 Å². The Bertz CT molecular complexity index is 695. The zero-order valence-electron chi connectivity index (χ0n) is 11.8. The number of hydrogen-bond acceptors (Lipinski definition) is 3. The van der Waals surface area contributed by atoms with Crippen LogP contribution in [-0.2, 0) is 0 Å². The molecular formula is C16H16N2O2. The second-order valence-corrected chi connectivity index (χ2v) is 4.71. The number of carbonyl (C=O) groups excluding carboxylic acids is 1. The lowest BCUT2D eigenvalue weighted by molar-refractivity contribution is 0.0944. The summed E-state index contributed by atoms with van der Waals surface area (Å²) in [6, 6.07) is 3.96. The molecule has 0 saturated heterocycles. The molecule has 0 aliphatic rings. The first kappa shape index (κ1) is 14.0. The van der Waals surface area contributed by atoms with E-state index in [-0.39, 0.29) is 12.5 Å². The van der Waals surface area contributed by atoms with Crippen LogP contribution >= 0.6 is 0 Å². The summed E-state index contributed by atoms with van der Waals surface area (Å²) in [6.45, 7) is 5.63. The minimum absolute atomic E-state index is 0.169. The van der Waals surface area contributed by atoms with Crippen molar-refractivity contribution in [2.24, 2.45) is 0 Å². The molecule has 1 heterocycles. The molecule has 2 aromatic rings. The second kappa shape index (κ2) is 5.72. The SMILES string of the molecule is Cc1cc(C)c(C(=O)n2cc(C#CCO)cn2)c(C)c1. The van der Waals surface area contributed by atoms with Crippen molar-refractivity contribution in [2.75, 3.05) is 6.61 Å². The van der Waals surface area contributed by atoms with Crippen LogP contribution in [0.25, 0.3) is 0 Å². The predicted octanol–water partition coefficient (Wildman–Crippen LogP) is 1.84. The highest BCUT2D eigenvalue weighted by atomic mass is 16.2. The zero-order valence-corrected chi connectivity index (χ0v) is 11.8. The van der Waals surface area contributed by atoms with Gasteiger partial charge in [-0.3, -0.25) is 4.79 Å². The molecule has 0 radical (unpaired) electrons. The third-order valence-electron chi connectivity index (χ3n) is 2.99. The average Bonchev–Trinajstić information content (AvgIpc) is 2.83. The Morgan fingerprint density at radius 1 is 1.30 bits per heavy atom. The van der Waals surface area contributed by atoms with Crippen LogP contribution in [-0.4, -0.2) is 27.4 Å². The third-order valence-corrected chi connectivity index (χ3v) is 2.99. The van der Waals surface area contributed by atoms with Gasteiger partial charge in [0.2, 0.25) is 0 Å². The fourth-order valence-corrected chi connectivity index (χ4v) is 2.27. The van der Waals surface area contributed by atoms with Crippen molar-refractivity contribution < 1.29 is 9.90 Å². The lowest BCUT2D eigenvalue weighted by atomic mass is 9.99. The molecule has 20 heavy (non-hydrogen) atoms. The highest BCUT2D eigenvalue weighted by Gasteiger charge is 2.15. The van der Waals surface area contributed by atoms with Gasteiger partial charge in [-0.2, -0.15) is 5.10 Å². The van der Waals surface area contributed by atoms with Gasteiger partial charge in [-0.15, -0.1) is 0 Å². The van der Waals surface area contributed by atoms with Crippen LogP contribution in [0, 0.1) is 32.6 Å². The molecule has 102 valence electrons. The molecule has 0 unspecified atom stereocenters. The normalized spacial score (nSPS) is 10.0. The van der Waals surface area contributed by atoms with Crippen LogP contribution in [0.2, 0.25) is 0 Å². The predicted molar refractivity (Wildman–Crippen MR) is 76.6 cm³/mol. The van der Waals surface area contributed by atoms with Gasteiger partial charge in [0.05, 0.1) is 11.8 Å². The van der Waals surface area contributed by atoms with E-state index < -0.39 is 0 Å². The van der Waals surface area contributed by atoms with Crippen LogP contribution in [0.5, 0.6) is 0 Å². The van der Waals surface area contributed by atoms with Crippen LogP contribution in [0.3, 0.4) is 0 Å². The molecule has 2 rings (SSSR count). The second-order valence-electron chi connectivity index (χ2n) is 4.71. The van der Waals surface area contributed by atoms with Gasteiger partial charge in [-0.1, -0.05) is 29.5 Å². The molecule has 1 aromatic carbocycles. The number of aryl methyl sites for hydroxylation is 3. The van der Waals surface area contributed by atoms with Crippen molar-refractivity contribution in [1.82, 2.24) is 9.78 Å². The molecule has 1 aromatic heterocycles. The first-order chi connectivity index (χ1) is 9.52. The van der Waals surface area contributed by atoms with Gasteiger partial charge in [-0.05, 0) is 31.9 Å². The first-order valence-corrected chi connectivity index (χ1v) is 6.30. The van der Waals surface area contributed by atoms with E-state index in [2.05, 4.69) is 16.9 Å². The molecule has 4 heteroatoms. The number of aliphatic hydroxyl groups excluding tert-OH is 1. The average molecular weight is 268 g/mol. The molecule has 4 nitrogen and oxygen atoms in total. The summed E-state index contributed by atoms with van der Waals surface area (Å²) in [6.07, 6.45) is 3.09. The monoisotopic (exact) mass is 268 g/mol. The van der Waals surface area contributed by atoms with E-state index >= 15 is 0 Å². The van der Waals surface area contributed by atoms with Gasteiger partial charge in [0.15, 0.2) is 0 Å². The van der Waals surface area contributed by atoms with Gasteiger partial charge in [-0.25, -0.2) is 4.68 Å². The fraction of sp³-hybridized carbons (Fsp3) is 0.250. The van der Waals surface area contributed by atoms with Crippen molar-refractivity contribution in [3.63, 3.8) is 0 Å². The fourth-order valence-electron chi connectivity index (χ4n) is 2.27. The summed E-state index contributed by atoms with van der Waals surface area (Å²) in [7, 11) is 0. The lowest BCUT2D eigenvalue weighted by Crippen LogP contribution is -2.15. The number of benzene rings is 1. The number of nitrogens with zero attached hydrogens (tertiary/aromatic N) is 2. The van der Waals surface area contributed by atoms with E-state index in [1.165, 1.54) is 10.9 Å². The van der Waals surface area contributed by atoms with E-state index in [0.717, 1.165) is 16.7 Å². The standard InChI is InChI=1S/C16H16N2O2/c1-11-7-12(2)15(13(3)8-11)16(20)18-10-14(9-17-18)5-4-6-19/h7-10,19H,6H2,1-3H3. The van der Waals surface area contributed by atoms with Crippen LogP contribution in [0.15, 0.2) is 24.5 Å². The first-order valence-electron chi connectivity index (χ1n) is 6.30. The van der Waals surface area contributed by atoms with Crippen LogP contribution < -0.4 is 0 Å². The Morgan fingerprint density at radius 3 is 2.55 bits per heavy atom. The molecule has 0 aliphatic carbocycles.